The van der Waals surface area contributed by atoms with E-state index in [1.807, 2.05) is 125 Å². The van der Waals surface area contributed by atoms with E-state index in [1.54, 1.807) is 0 Å². The minimum atomic E-state index is -0.457. The summed E-state index contributed by atoms with van der Waals surface area (Å²) in [5, 5.41) is 34.3. The number of allylic oxidation sites excluding steroid dienone is 6. The molecule has 232 valence electrons. The number of carbonyl (C=O) groups is 3. The number of carbonyl (C=O) groups excluding carboxylic acids is 3. The average Bonchev–Trinajstić information content (AvgIpc) is 2.64. The largest absolute Gasteiger partial charge is 3.00 e. The van der Waals surface area contributed by atoms with Crippen molar-refractivity contribution in [3.05, 3.63) is 35.5 Å². The summed E-state index contributed by atoms with van der Waals surface area (Å²) >= 11 is 0. The Balaban J connectivity index is -0.000000240. The Kier molecular flexibility index (Phi) is 19.3. The maximum Gasteiger partial charge on any atom is 3.00 e. The second-order valence-electron chi connectivity index (χ2n) is 16.1. The number of ketones is 3. The maximum atomic E-state index is 11.4. The molecular formula is C33H57EuO6. The van der Waals surface area contributed by atoms with Gasteiger partial charge >= 0.3 is 49.4 Å². The predicted octanol–water partition coefficient (Wildman–Crippen LogP) is 5.68. The predicted molar refractivity (Wildman–Crippen MR) is 156 cm³/mol. The summed E-state index contributed by atoms with van der Waals surface area (Å²) in [5.41, 5.74) is -2.74. The van der Waals surface area contributed by atoms with E-state index in [2.05, 4.69) is 0 Å². The first-order valence-electron chi connectivity index (χ1n) is 13.5. The quantitative estimate of drug-likeness (QED) is 0.276. The van der Waals surface area contributed by atoms with Crippen LogP contribution in [0.5, 0.6) is 0 Å². The van der Waals surface area contributed by atoms with Crippen molar-refractivity contribution >= 4 is 17.3 Å². The fourth-order valence-electron chi connectivity index (χ4n) is 1.66. The van der Waals surface area contributed by atoms with Gasteiger partial charge in [-0.2, -0.15) is 0 Å². The molecule has 0 aliphatic rings. The molecule has 0 saturated heterocycles. The molecule has 0 aromatic heterocycles. The van der Waals surface area contributed by atoms with Crippen molar-refractivity contribution in [3.63, 3.8) is 0 Å². The zero-order valence-electron chi connectivity index (χ0n) is 28.6. The molecule has 0 spiro atoms. The van der Waals surface area contributed by atoms with Crippen molar-refractivity contribution in [1.82, 2.24) is 0 Å². The molecule has 0 aliphatic carbocycles. The van der Waals surface area contributed by atoms with Gasteiger partial charge < -0.3 is 15.3 Å². The van der Waals surface area contributed by atoms with E-state index in [-0.39, 0.29) is 84.0 Å². The van der Waals surface area contributed by atoms with E-state index in [4.69, 9.17) is 0 Å². The van der Waals surface area contributed by atoms with Crippen molar-refractivity contribution < 1.29 is 79.1 Å². The molecular weight excluding hydrogens is 644 g/mol. The molecule has 0 fully saturated rings. The molecule has 0 radical (unpaired) electrons. The topological polar surface area (TPSA) is 120 Å². The van der Waals surface area contributed by atoms with Gasteiger partial charge in [-0.15, -0.1) is 17.3 Å². The van der Waals surface area contributed by atoms with Crippen LogP contribution in [-0.2, 0) is 14.4 Å². The van der Waals surface area contributed by atoms with Gasteiger partial charge in [0.2, 0.25) is 0 Å². The summed E-state index contributed by atoms with van der Waals surface area (Å²) in [6.45, 7) is 32.5. The van der Waals surface area contributed by atoms with E-state index in [0.29, 0.717) is 0 Å². The van der Waals surface area contributed by atoms with Gasteiger partial charge in [-0.1, -0.05) is 125 Å². The van der Waals surface area contributed by atoms with E-state index < -0.39 is 32.5 Å². The van der Waals surface area contributed by atoms with Crippen LogP contribution < -0.4 is 15.3 Å². The fraction of sp³-hybridized carbons (Fsp3) is 0.727. The Morgan fingerprint density at radius 2 is 0.475 bits per heavy atom. The zero-order valence-corrected chi connectivity index (χ0v) is 31.0. The van der Waals surface area contributed by atoms with Crippen LogP contribution in [0.1, 0.15) is 125 Å². The van der Waals surface area contributed by atoms with Gasteiger partial charge in [0.25, 0.3) is 0 Å². The molecule has 0 rings (SSSR count). The third-order valence-corrected chi connectivity index (χ3v) is 5.22. The molecule has 0 N–H and O–H groups in total. The standard InChI is InChI=1S/3C11H20O2.Eu/c3*1-10(2,3)8(12)7-9(13)11(4,5)6;/h3*7,12H,1-6H3;/q;;;+3/p-3/b3*8-7-;. The summed E-state index contributed by atoms with van der Waals surface area (Å²) in [7, 11) is 0. The first-order chi connectivity index (χ1) is 16.6. The molecule has 0 saturated carbocycles. The van der Waals surface area contributed by atoms with Crippen LogP contribution in [0.25, 0.3) is 0 Å². The molecule has 0 aromatic carbocycles. The van der Waals surface area contributed by atoms with Gasteiger partial charge in [0.05, 0.1) is 0 Å². The summed E-state index contributed by atoms with van der Waals surface area (Å²) in [4.78, 5) is 34.3. The van der Waals surface area contributed by atoms with Gasteiger partial charge in [0.1, 0.15) is 0 Å². The summed E-state index contributed by atoms with van der Waals surface area (Å²) in [5.74, 6) is -0.625. The van der Waals surface area contributed by atoms with Gasteiger partial charge in [0, 0.05) is 16.2 Å². The summed E-state index contributed by atoms with van der Waals surface area (Å²) in [6.07, 6.45) is 3.67. The SMILES string of the molecule is CC(C)(C)C(=O)/C=C(\[O-])C(C)(C)C.CC(C)(C)C(=O)/C=C(\[O-])C(C)(C)C.CC(C)(C)C(=O)/C=C(\[O-])C(C)(C)C.[Eu+3]. The molecule has 0 heterocycles. The Labute approximate surface area is 286 Å². The second kappa shape index (κ2) is 16.7. The van der Waals surface area contributed by atoms with Crippen LogP contribution in [0, 0.1) is 81.9 Å². The van der Waals surface area contributed by atoms with Crippen LogP contribution in [0.15, 0.2) is 35.5 Å². The van der Waals surface area contributed by atoms with Crippen LogP contribution >= 0.6 is 0 Å². The van der Waals surface area contributed by atoms with Crippen LogP contribution in [0.2, 0.25) is 0 Å². The molecule has 40 heavy (non-hydrogen) atoms. The van der Waals surface area contributed by atoms with Crippen molar-refractivity contribution in [3.8, 4) is 0 Å². The molecule has 0 amide bonds. The summed E-state index contributed by atoms with van der Waals surface area (Å²) < 4.78 is 0. The molecule has 0 aliphatic heterocycles. The first-order valence-corrected chi connectivity index (χ1v) is 13.5. The molecule has 0 unspecified atom stereocenters. The monoisotopic (exact) mass is 702 g/mol. The average molecular weight is 702 g/mol. The Hall–Kier alpha value is -0.786. The number of hydrogen-bond acceptors (Lipinski definition) is 6. The van der Waals surface area contributed by atoms with Gasteiger partial charge in [-0.05, 0) is 34.5 Å². The second-order valence-corrected chi connectivity index (χ2v) is 16.1. The van der Waals surface area contributed by atoms with Crippen molar-refractivity contribution in [2.45, 2.75) is 125 Å². The van der Waals surface area contributed by atoms with E-state index in [9.17, 15) is 29.7 Å². The van der Waals surface area contributed by atoms with E-state index >= 15 is 0 Å². The third kappa shape index (κ3) is 21.9. The van der Waals surface area contributed by atoms with Crippen molar-refractivity contribution in [2.75, 3.05) is 0 Å². The molecule has 0 bridgehead atoms. The number of hydrogen-bond donors (Lipinski definition) is 0. The van der Waals surface area contributed by atoms with E-state index in [1.165, 1.54) is 18.2 Å². The minimum Gasteiger partial charge on any atom is -0.875 e. The minimum absolute atomic E-state index is 0. The Bertz CT molecular complexity index is 801. The molecule has 0 atom stereocenters. The van der Waals surface area contributed by atoms with Crippen molar-refractivity contribution in [2.24, 2.45) is 32.5 Å². The molecule has 0 aromatic rings. The van der Waals surface area contributed by atoms with E-state index in [0.717, 1.165) is 0 Å². The third-order valence-electron chi connectivity index (χ3n) is 5.22. The van der Waals surface area contributed by atoms with Gasteiger partial charge in [-0.3, -0.25) is 14.4 Å². The van der Waals surface area contributed by atoms with Crippen molar-refractivity contribution in [1.29, 1.82) is 0 Å². The smallest absolute Gasteiger partial charge is 0.875 e. The van der Waals surface area contributed by atoms with Gasteiger partial charge in [0.15, 0.2) is 17.3 Å². The molecule has 6 nitrogen and oxygen atoms in total. The van der Waals surface area contributed by atoms with Crippen LogP contribution in [-0.4, -0.2) is 17.3 Å². The number of rotatable bonds is 3. The fourth-order valence-corrected chi connectivity index (χ4v) is 1.66. The Morgan fingerprint density at radius 1 is 0.350 bits per heavy atom. The Morgan fingerprint density at radius 3 is 0.550 bits per heavy atom. The van der Waals surface area contributed by atoms with Crippen LogP contribution in [0.4, 0.5) is 0 Å². The zero-order chi connectivity index (χ0) is 32.6. The van der Waals surface area contributed by atoms with Crippen LogP contribution in [0.3, 0.4) is 0 Å². The van der Waals surface area contributed by atoms with Gasteiger partial charge in [-0.25, -0.2) is 0 Å². The normalized spacial score (nSPS) is 14.1. The molecule has 7 heteroatoms. The maximum absolute atomic E-state index is 11.4. The first kappa shape index (κ1) is 46.2. The summed E-state index contributed by atoms with van der Waals surface area (Å²) in [6, 6.07) is 0.